The molecule has 0 N–H and O–H groups in total. The third-order valence-electron chi connectivity index (χ3n) is 14.8. The van der Waals surface area contributed by atoms with Crippen LogP contribution in [0.5, 0.6) is 11.5 Å². The van der Waals surface area contributed by atoms with Crippen molar-refractivity contribution in [3.05, 3.63) is 234 Å². The lowest BCUT2D eigenvalue weighted by Gasteiger charge is -2.40. The topological polar surface area (TPSA) is 76.2 Å². The molecule has 10 aromatic rings. The number of nitrogens with zero attached hydrogens (tertiary/aromatic N) is 5. The number of nitriles is 2. The second-order valence-corrected chi connectivity index (χ2v) is 31.2. The molecule has 9 aromatic carbocycles. The summed E-state index contributed by atoms with van der Waals surface area (Å²) in [7, 11) is -3.16. The molecule has 6 nitrogen and oxygen atoms in total. The highest BCUT2D eigenvalue weighted by molar-refractivity contribution is 6.89. The number of para-hydroxylation sites is 1. The third kappa shape index (κ3) is 7.06. The zero-order valence-corrected chi connectivity index (χ0v) is 43.2. The first-order valence-electron chi connectivity index (χ1n) is 24.5. The number of ether oxygens (including phenoxy) is 1. The lowest BCUT2D eigenvalue weighted by atomic mass is 9.65. The molecule has 0 bridgehead atoms. The first-order valence-corrected chi connectivity index (χ1v) is 31.5. The Kier molecular flexibility index (Phi) is 10.4. The Morgan fingerprint density at radius 2 is 0.931 bits per heavy atom. The van der Waals surface area contributed by atoms with Crippen LogP contribution in [0.4, 0.5) is 34.1 Å². The minimum Gasteiger partial charge on any atom is -0.455 e. The molecule has 72 heavy (non-hydrogen) atoms. The molecule has 2 aliphatic rings. The SMILES string of the molecule is C[Si](C)(C)c1ccc(N(c2ccc(C#N)cc2)c2ccc3c(c2)C2(c4ccccc4Oc4cnccc42)c2c-3c3ccccc3c3cc(N(c4ccc(C#N)cc4)c4ccc([Si](C)(C)C)cc4)ccc23)cc1. The van der Waals surface area contributed by atoms with Crippen molar-refractivity contribution < 1.29 is 4.74 Å². The van der Waals surface area contributed by atoms with Gasteiger partial charge in [-0.25, -0.2) is 0 Å². The highest BCUT2D eigenvalue weighted by Crippen LogP contribution is 2.65. The van der Waals surface area contributed by atoms with Gasteiger partial charge in [0.2, 0.25) is 0 Å². The first kappa shape index (κ1) is 44.7. The van der Waals surface area contributed by atoms with Crippen LogP contribution in [0.25, 0.3) is 32.7 Å². The highest BCUT2D eigenvalue weighted by Gasteiger charge is 2.53. The van der Waals surface area contributed by atoms with E-state index in [0.29, 0.717) is 11.1 Å². The zero-order chi connectivity index (χ0) is 49.5. The summed E-state index contributed by atoms with van der Waals surface area (Å²) in [4.78, 5) is 9.29. The standard InChI is InChI=1S/C64H51N5OSi2/c1-71(2,3)50-29-23-46(24-30-50)68(44-19-15-42(39-65)16-20-44)48-27-33-54-56(37-48)52-11-7-8-12-53(52)62-55-34-28-49(69(45-21-17-43(40-66)18-22-45)47-25-31-51(32-26-47)72(4,5)6)38-59(55)64(63(54)62)57-13-9-10-14-60(57)70-61-41-67-36-35-58(61)64/h7-38,41H,1-6H3. The van der Waals surface area contributed by atoms with Gasteiger partial charge >= 0.3 is 0 Å². The molecule has 0 fully saturated rings. The number of fused-ring (bicyclic) bond motifs is 14. The molecule has 1 spiro atoms. The Morgan fingerprint density at radius 1 is 0.444 bits per heavy atom. The molecule has 0 amide bonds. The molecule has 0 saturated carbocycles. The molecular formula is C64H51N5OSi2. The minimum atomic E-state index is -1.59. The number of pyridine rings is 1. The van der Waals surface area contributed by atoms with Crippen LogP contribution in [-0.4, -0.2) is 21.1 Å². The summed E-state index contributed by atoms with van der Waals surface area (Å²) in [5.74, 6) is 1.51. The van der Waals surface area contributed by atoms with E-state index in [1.165, 1.54) is 21.5 Å². The third-order valence-corrected chi connectivity index (χ3v) is 18.9. The van der Waals surface area contributed by atoms with Crippen LogP contribution in [0.2, 0.25) is 39.3 Å². The van der Waals surface area contributed by atoms with E-state index in [0.717, 1.165) is 89.4 Å². The summed E-state index contributed by atoms with van der Waals surface area (Å²) in [6.45, 7) is 14.3. The van der Waals surface area contributed by atoms with E-state index in [-0.39, 0.29) is 0 Å². The first-order chi connectivity index (χ1) is 34.9. The van der Waals surface area contributed by atoms with Crippen LogP contribution < -0.4 is 24.9 Å². The Morgan fingerprint density at radius 3 is 1.50 bits per heavy atom. The Balaban J connectivity index is 1.15. The minimum absolute atomic E-state index is 0.613. The van der Waals surface area contributed by atoms with Crippen LogP contribution in [-0.2, 0) is 5.41 Å². The number of hydrogen-bond donors (Lipinski definition) is 0. The summed E-state index contributed by atoms with van der Waals surface area (Å²) in [5, 5.41) is 27.1. The maximum Gasteiger partial charge on any atom is 0.150 e. The van der Waals surface area contributed by atoms with E-state index in [9.17, 15) is 10.5 Å². The molecule has 0 radical (unpaired) electrons. The molecule has 1 atom stereocenters. The molecule has 346 valence electrons. The van der Waals surface area contributed by atoms with Crippen molar-refractivity contribution in [3.63, 3.8) is 0 Å². The van der Waals surface area contributed by atoms with Crippen molar-refractivity contribution in [2.45, 2.75) is 44.7 Å². The van der Waals surface area contributed by atoms with E-state index in [1.54, 1.807) is 0 Å². The fraction of sp³-hybridized carbons (Fsp3) is 0.109. The fourth-order valence-corrected chi connectivity index (χ4v) is 13.6. The Hall–Kier alpha value is -8.54. The average Bonchev–Trinajstić information content (AvgIpc) is 3.70. The van der Waals surface area contributed by atoms with Crippen molar-refractivity contribution in [3.8, 4) is 34.8 Å². The molecule has 12 rings (SSSR count). The Labute approximate surface area is 423 Å². The van der Waals surface area contributed by atoms with Crippen LogP contribution >= 0.6 is 0 Å². The smallest absolute Gasteiger partial charge is 0.150 e. The van der Waals surface area contributed by atoms with Gasteiger partial charge in [0, 0.05) is 51.4 Å². The quantitative estimate of drug-likeness (QED) is 0.112. The van der Waals surface area contributed by atoms with Gasteiger partial charge in [0.25, 0.3) is 0 Å². The molecule has 8 heteroatoms. The number of anilines is 6. The van der Waals surface area contributed by atoms with E-state index < -0.39 is 21.6 Å². The average molecular weight is 962 g/mol. The van der Waals surface area contributed by atoms with Crippen molar-refractivity contribution in [1.82, 2.24) is 4.98 Å². The number of benzene rings is 9. The molecule has 1 aliphatic heterocycles. The molecule has 2 heterocycles. The van der Waals surface area contributed by atoms with Gasteiger partial charge < -0.3 is 14.5 Å². The van der Waals surface area contributed by atoms with Gasteiger partial charge in [-0.2, -0.15) is 10.5 Å². The number of aromatic nitrogens is 1. The van der Waals surface area contributed by atoms with E-state index in [1.807, 2.05) is 60.9 Å². The van der Waals surface area contributed by atoms with Gasteiger partial charge in [0.15, 0.2) is 5.75 Å². The summed E-state index contributed by atoms with van der Waals surface area (Å²) < 4.78 is 6.84. The van der Waals surface area contributed by atoms with Crippen LogP contribution in [0.15, 0.2) is 200 Å². The van der Waals surface area contributed by atoms with E-state index in [4.69, 9.17) is 4.74 Å². The second-order valence-electron chi connectivity index (χ2n) is 21.1. The largest absolute Gasteiger partial charge is 0.455 e. The maximum absolute atomic E-state index is 9.86. The number of hydrogen-bond acceptors (Lipinski definition) is 6. The van der Waals surface area contributed by atoms with Gasteiger partial charge in [-0.3, -0.25) is 4.98 Å². The zero-order valence-electron chi connectivity index (χ0n) is 41.2. The summed E-state index contributed by atoms with van der Waals surface area (Å²) >= 11 is 0. The maximum atomic E-state index is 9.86. The predicted molar refractivity (Wildman–Crippen MR) is 301 cm³/mol. The number of rotatable bonds is 8. The van der Waals surface area contributed by atoms with Gasteiger partial charge in [-0.15, -0.1) is 0 Å². The summed E-state index contributed by atoms with van der Waals surface area (Å²) in [6.07, 6.45) is 3.76. The van der Waals surface area contributed by atoms with Gasteiger partial charge in [0.05, 0.1) is 51.0 Å². The highest BCUT2D eigenvalue weighted by atomic mass is 28.3. The van der Waals surface area contributed by atoms with Crippen molar-refractivity contribution in [1.29, 1.82) is 10.5 Å². The normalized spacial score (nSPS) is 14.4. The molecule has 1 unspecified atom stereocenters. The van der Waals surface area contributed by atoms with E-state index in [2.05, 4.69) is 206 Å². The van der Waals surface area contributed by atoms with Gasteiger partial charge in [-0.1, -0.05) is 129 Å². The van der Waals surface area contributed by atoms with Crippen molar-refractivity contribution in [2.24, 2.45) is 0 Å². The van der Waals surface area contributed by atoms with Gasteiger partial charge in [0.1, 0.15) is 5.75 Å². The van der Waals surface area contributed by atoms with Crippen LogP contribution in [0.1, 0.15) is 33.4 Å². The van der Waals surface area contributed by atoms with Crippen LogP contribution in [0.3, 0.4) is 0 Å². The Bertz CT molecular complexity index is 3830. The van der Waals surface area contributed by atoms with Crippen LogP contribution in [0, 0.1) is 22.7 Å². The molecule has 0 saturated heterocycles. The summed E-state index contributed by atoms with van der Waals surface area (Å²) in [5.41, 5.74) is 13.2. The monoisotopic (exact) mass is 961 g/mol. The van der Waals surface area contributed by atoms with Crippen molar-refractivity contribution in [2.75, 3.05) is 9.80 Å². The molecular weight excluding hydrogens is 911 g/mol. The predicted octanol–water partition coefficient (Wildman–Crippen LogP) is 15.6. The lowest BCUT2D eigenvalue weighted by molar-refractivity contribution is 0.434. The molecule has 1 aromatic heterocycles. The van der Waals surface area contributed by atoms with E-state index >= 15 is 0 Å². The fourth-order valence-electron chi connectivity index (χ4n) is 11.3. The molecule has 1 aliphatic carbocycles. The summed E-state index contributed by atoms with van der Waals surface area (Å²) in [6, 6.07) is 72.0. The van der Waals surface area contributed by atoms with Crippen molar-refractivity contribution >= 4 is 82.2 Å². The van der Waals surface area contributed by atoms with Gasteiger partial charge in [-0.05, 0) is 153 Å². The lowest BCUT2D eigenvalue weighted by Crippen LogP contribution is -2.37. The second kappa shape index (κ2) is 16.8.